The molecule has 15 heavy (non-hydrogen) atoms. The van der Waals surface area contributed by atoms with Crippen LogP contribution in [0.1, 0.15) is 32.4 Å². The highest BCUT2D eigenvalue weighted by molar-refractivity contribution is 5.30. The minimum Gasteiger partial charge on any atom is -0.494 e. The second-order valence-corrected chi connectivity index (χ2v) is 4.06. The van der Waals surface area contributed by atoms with Crippen molar-refractivity contribution in [2.45, 2.75) is 32.5 Å². The van der Waals surface area contributed by atoms with E-state index in [0.717, 1.165) is 0 Å². The first-order chi connectivity index (χ1) is 6.95. The van der Waals surface area contributed by atoms with E-state index in [1.54, 1.807) is 32.0 Å². The topological polar surface area (TPSA) is 49.7 Å². The third kappa shape index (κ3) is 3.22. The molecule has 0 radical (unpaired) electrons. The minimum absolute atomic E-state index is 0.585. The lowest BCUT2D eigenvalue weighted by Gasteiger charge is -2.25. The van der Waals surface area contributed by atoms with Crippen molar-refractivity contribution in [3.63, 3.8) is 0 Å². The maximum absolute atomic E-state index is 9.84. The van der Waals surface area contributed by atoms with E-state index in [1.807, 2.05) is 13.0 Å². The van der Waals surface area contributed by atoms with Gasteiger partial charge in [0.1, 0.15) is 11.9 Å². The van der Waals surface area contributed by atoms with E-state index in [9.17, 15) is 10.2 Å². The van der Waals surface area contributed by atoms with Crippen molar-refractivity contribution in [2.75, 3.05) is 6.61 Å². The Morgan fingerprint density at radius 1 is 1.40 bits per heavy atom. The van der Waals surface area contributed by atoms with E-state index in [-0.39, 0.29) is 0 Å². The van der Waals surface area contributed by atoms with Gasteiger partial charge in [-0.05, 0) is 38.5 Å². The Balaban J connectivity index is 2.90. The molecule has 1 aromatic rings. The van der Waals surface area contributed by atoms with Crippen LogP contribution in [0.4, 0.5) is 0 Å². The number of aliphatic hydroxyl groups excluding tert-OH is 1. The Labute approximate surface area is 90.3 Å². The molecule has 2 N–H and O–H groups in total. The van der Waals surface area contributed by atoms with Gasteiger partial charge in [0.25, 0.3) is 0 Å². The Morgan fingerprint density at radius 3 is 2.60 bits per heavy atom. The van der Waals surface area contributed by atoms with Crippen molar-refractivity contribution in [1.29, 1.82) is 0 Å². The first-order valence-corrected chi connectivity index (χ1v) is 5.08. The average molecular weight is 210 g/mol. The minimum atomic E-state index is -1.15. The van der Waals surface area contributed by atoms with Crippen LogP contribution in [0.3, 0.4) is 0 Å². The Kier molecular flexibility index (Phi) is 3.72. The van der Waals surface area contributed by atoms with Crippen molar-refractivity contribution in [3.05, 3.63) is 29.8 Å². The van der Waals surface area contributed by atoms with Crippen molar-refractivity contribution >= 4 is 0 Å². The number of benzene rings is 1. The van der Waals surface area contributed by atoms with Crippen molar-refractivity contribution in [3.8, 4) is 5.75 Å². The summed E-state index contributed by atoms with van der Waals surface area (Å²) in [6.45, 7) is 5.64. The van der Waals surface area contributed by atoms with Crippen LogP contribution in [0.15, 0.2) is 24.3 Å². The molecule has 3 nitrogen and oxygen atoms in total. The lowest BCUT2D eigenvalue weighted by Crippen LogP contribution is -2.28. The lowest BCUT2D eigenvalue weighted by molar-refractivity contribution is -0.0497. The fourth-order valence-electron chi connectivity index (χ4n) is 1.35. The van der Waals surface area contributed by atoms with Gasteiger partial charge in [0.15, 0.2) is 0 Å². The van der Waals surface area contributed by atoms with Crippen LogP contribution in [0.2, 0.25) is 0 Å². The standard InChI is InChI=1S/C12H18O3/c1-4-15-10-7-5-6-9(8-10)11(13)12(2,3)14/h5-8,11,13-14H,4H2,1-3H3. The third-order valence-corrected chi connectivity index (χ3v) is 2.15. The van der Waals surface area contributed by atoms with Gasteiger partial charge in [0.05, 0.1) is 12.2 Å². The molecule has 1 unspecified atom stereocenters. The van der Waals surface area contributed by atoms with Crippen LogP contribution >= 0.6 is 0 Å². The lowest BCUT2D eigenvalue weighted by atomic mass is 9.95. The Bertz CT molecular complexity index is 315. The zero-order valence-electron chi connectivity index (χ0n) is 9.40. The third-order valence-electron chi connectivity index (χ3n) is 2.15. The predicted molar refractivity (Wildman–Crippen MR) is 58.9 cm³/mol. The van der Waals surface area contributed by atoms with Crippen molar-refractivity contribution in [1.82, 2.24) is 0 Å². The van der Waals surface area contributed by atoms with E-state index < -0.39 is 11.7 Å². The molecule has 0 aliphatic heterocycles. The summed E-state index contributed by atoms with van der Waals surface area (Å²) in [5.74, 6) is 0.707. The summed E-state index contributed by atoms with van der Waals surface area (Å²) < 4.78 is 5.32. The largest absolute Gasteiger partial charge is 0.494 e. The van der Waals surface area contributed by atoms with Gasteiger partial charge in [0.2, 0.25) is 0 Å². The van der Waals surface area contributed by atoms with Crippen LogP contribution < -0.4 is 4.74 Å². The molecule has 0 amide bonds. The molecule has 0 bridgehead atoms. The summed E-state index contributed by atoms with van der Waals surface area (Å²) in [6.07, 6.45) is -0.905. The van der Waals surface area contributed by atoms with Crippen molar-refractivity contribution < 1.29 is 14.9 Å². The maximum atomic E-state index is 9.84. The van der Waals surface area contributed by atoms with Crippen molar-refractivity contribution in [2.24, 2.45) is 0 Å². The molecule has 0 spiro atoms. The SMILES string of the molecule is CCOc1cccc(C(O)C(C)(C)O)c1. The molecule has 1 aromatic carbocycles. The Hall–Kier alpha value is -1.06. The number of rotatable bonds is 4. The summed E-state index contributed by atoms with van der Waals surface area (Å²) >= 11 is 0. The van der Waals surface area contributed by atoms with Gasteiger partial charge in [-0.25, -0.2) is 0 Å². The van der Waals surface area contributed by atoms with Gasteiger partial charge in [0, 0.05) is 0 Å². The molecule has 1 rings (SSSR count). The molecule has 0 saturated heterocycles. The summed E-state index contributed by atoms with van der Waals surface area (Å²) in [5.41, 5.74) is -0.487. The second kappa shape index (κ2) is 4.64. The number of aliphatic hydroxyl groups is 2. The quantitative estimate of drug-likeness (QED) is 0.797. The highest BCUT2D eigenvalue weighted by atomic mass is 16.5. The molecule has 84 valence electrons. The van der Waals surface area contributed by atoms with E-state index in [0.29, 0.717) is 17.9 Å². The number of hydrogen-bond donors (Lipinski definition) is 2. The highest BCUT2D eigenvalue weighted by Gasteiger charge is 2.26. The predicted octanol–water partition coefficient (Wildman–Crippen LogP) is 1.89. The average Bonchev–Trinajstić information content (AvgIpc) is 2.16. The van der Waals surface area contributed by atoms with Gasteiger partial charge >= 0.3 is 0 Å². The normalized spacial score (nSPS) is 13.7. The fraction of sp³-hybridized carbons (Fsp3) is 0.500. The van der Waals surface area contributed by atoms with E-state index in [1.165, 1.54) is 0 Å². The summed E-state index contributed by atoms with van der Waals surface area (Å²) in [5, 5.41) is 19.5. The highest BCUT2D eigenvalue weighted by Crippen LogP contribution is 2.27. The first kappa shape index (κ1) is 12.0. The van der Waals surface area contributed by atoms with Gasteiger partial charge < -0.3 is 14.9 Å². The van der Waals surface area contributed by atoms with Crippen LogP contribution in [0, 0.1) is 0 Å². The van der Waals surface area contributed by atoms with E-state index >= 15 is 0 Å². The molecule has 0 aliphatic rings. The first-order valence-electron chi connectivity index (χ1n) is 5.08. The Morgan fingerprint density at radius 2 is 2.07 bits per heavy atom. The number of hydrogen-bond acceptors (Lipinski definition) is 3. The molecular weight excluding hydrogens is 192 g/mol. The van der Waals surface area contributed by atoms with Crippen LogP contribution in [-0.2, 0) is 0 Å². The van der Waals surface area contributed by atoms with Gasteiger partial charge in [-0.15, -0.1) is 0 Å². The monoisotopic (exact) mass is 210 g/mol. The molecular formula is C12H18O3. The molecule has 0 fully saturated rings. The van der Waals surface area contributed by atoms with Crippen LogP contribution in [-0.4, -0.2) is 22.4 Å². The fourth-order valence-corrected chi connectivity index (χ4v) is 1.35. The maximum Gasteiger partial charge on any atom is 0.119 e. The van der Waals surface area contributed by atoms with Gasteiger partial charge in [-0.2, -0.15) is 0 Å². The van der Waals surface area contributed by atoms with E-state index in [4.69, 9.17) is 4.74 Å². The molecule has 0 aromatic heterocycles. The molecule has 0 aliphatic carbocycles. The summed E-state index contributed by atoms with van der Waals surface area (Å²) in [6, 6.07) is 7.14. The molecule has 0 heterocycles. The van der Waals surface area contributed by atoms with Gasteiger partial charge in [-0.1, -0.05) is 12.1 Å². The molecule has 3 heteroatoms. The molecule has 0 saturated carbocycles. The molecule has 1 atom stereocenters. The van der Waals surface area contributed by atoms with Crippen LogP contribution in [0.5, 0.6) is 5.75 Å². The van der Waals surface area contributed by atoms with Gasteiger partial charge in [-0.3, -0.25) is 0 Å². The van der Waals surface area contributed by atoms with Crippen LogP contribution in [0.25, 0.3) is 0 Å². The zero-order chi connectivity index (χ0) is 11.5. The smallest absolute Gasteiger partial charge is 0.119 e. The second-order valence-electron chi connectivity index (χ2n) is 4.06. The summed E-state index contributed by atoms with van der Waals surface area (Å²) in [7, 11) is 0. The van der Waals surface area contributed by atoms with E-state index in [2.05, 4.69) is 0 Å². The number of ether oxygens (including phenoxy) is 1. The zero-order valence-corrected chi connectivity index (χ0v) is 9.40. The summed E-state index contributed by atoms with van der Waals surface area (Å²) in [4.78, 5) is 0.